The molecule has 22 heavy (non-hydrogen) atoms. The van der Waals surface area contributed by atoms with Crippen molar-refractivity contribution in [3.63, 3.8) is 0 Å². The lowest BCUT2D eigenvalue weighted by atomic mass is 10.1. The number of fused-ring (bicyclic) bond motifs is 1. The van der Waals surface area contributed by atoms with Crippen molar-refractivity contribution in [1.29, 1.82) is 0 Å². The average molecular weight is 310 g/mol. The van der Waals surface area contributed by atoms with Gasteiger partial charge in [0.15, 0.2) is 0 Å². The third-order valence-corrected chi connectivity index (χ3v) is 3.16. The summed E-state index contributed by atoms with van der Waals surface area (Å²) in [6.07, 6.45) is -4.69. The van der Waals surface area contributed by atoms with E-state index >= 15 is 0 Å². The van der Waals surface area contributed by atoms with Crippen LogP contribution in [0.3, 0.4) is 0 Å². The van der Waals surface area contributed by atoms with Crippen LogP contribution in [0.25, 0.3) is 11.3 Å². The molecular weight excluding hydrogens is 297 g/mol. The molecule has 2 heterocycles. The van der Waals surface area contributed by atoms with Crippen LogP contribution >= 0.6 is 0 Å². The molecule has 1 aromatic heterocycles. The van der Waals surface area contributed by atoms with Gasteiger partial charge in [0, 0.05) is 24.2 Å². The summed E-state index contributed by atoms with van der Waals surface area (Å²) in [6, 6.07) is 9.30. The maximum atomic E-state index is 12.1. The van der Waals surface area contributed by atoms with E-state index in [0.29, 0.717) is 30.3 Å². The largest absolute Gasteiger partial charge is 0.573 e. The summed E-state index contributed by atoms with van der Waals surface area (Å²) >= 11 is 0. The van der Waals surface area contributed by atoms with Gasteiger partial charge in [-0.1, -0.05) is 6.07 Å². The molecule has 0 aliphatic carbocycles. The Morgan fingerprint density at radius 3 is 2.59 bits per heavy atom. The Bertz CT molecular complexity index is 657. The summed E-state index contributed by atoms with van der Waals surface area (Å²) in [4.78, 5) is 4.42. The Morgan fingerprint density at radius 2 is 1.86 bits per heavy atom. The number of ether oxygens (including phenoxy) is 2. The first-order valence-electron chi connectivity index (χ1n) is 6.71. The maximum absolute atomic E-state index is 12.1. The summed E-state index contributed by atoms with van der Waals surface area (Å²) in [7, 11) is 0. The van der Waals surface area contributed by atoms with Crippen LogP contribution in [-0.2, 0) is 6.54 Å². The highest BCUT2D eigenvalue weighted by atomic mass is 19.4. The summed E-state index contributed by atoms with van der Waals surface area (Å²) in [6.45, 7) is 1.96. The number of pyridine rings is 1. The van der Waals surface area contributed by atoms with Crippen molar-refractivity contribution >= 4 is 0 Å². The minimum atomic E-state index is -4.69. The SMILES string of the molecule is FC(F)(F)Oc1ccc(-c2ccc3c(n2)OCCNC3)cc1. The first-order chi connectivity index (χ1) is 10.5. The van der Waals surface area contributed by atoms with Gasteiger partial charge in [-0.2, -0.15) is 0 Å². The van der Waals surface area contributed by atoms with E-state index in [4.69, 9.17) is 4.74 Å². The predicted octanol–water partition coefficient (Wildman–Crippen LogP) is 3.13. The molecule has 2 aromatic rings. The zero-order valence-corrected chi connectivity index (χ0v) is 11.5. The lowest BCUT2D eigenvalue weighted by Gasteiger charge is -2.10. The molecule has 116 valence electrons. The molecule has 4 nitrogen and oxygen atoms in total. The third kappa shape index (κ3) is 3.48. The number of hydrogen-bond acceptors (Lipinski definition) is 4. The number of halogens is 3. The summed E-state index contributed by atoms with van der Waals surface area (Å²) < 4.78 is 45.8. The van der Waals surface area contributed by atoms with Crippen LogP contribution in [0.15, 0.2) is 36.4 Å². The van der Waals surface area contributed by atoms with Gasteiger partial charge in [0.2, 0.25) is 5.88 Å². The van der Waals surface area contributed by atoms with Crippen LogP contribution < -0.4 is 14.8 Å². The van der Waals surface area contributed by atoms with Crippen LogP contribution in [0.2, 0.25) is 0 Å². The molecule has 1 aromatic carbocycles. The number of hydrogen-bond donors (Lipinski definition) is 1. The minimum absolute atomic E-state index is 0.258. The molecule has 0 fully saturated rings. The lowest BCUT2D eigenvalue weighted by Crippen LogP contribution is -2.16. The van der Waals surface area contributed by atoms with E-state index in [1.165, 1.54) is 24.3 Å². The number of nitrogens with one attached hydrogen (secondary N) is 1. The fourth-order valence-electron chi connectivity index (χ4n) is 2.16. The van der Waals surface area contributed by atoms with Gasteiger partial charge in [0.25, 0.3) is 0 Å². The quantitative estimate of drug-likeness (QED) is 0.925. The molecule has 1 aliphatic rings. The van der Waals surface area contributed by atoms with Crippen molar-refractivity contribution in [2.75, 3.05) is 13.2 Å². The van der Waals surface area contributed by atoms with E-state index in [1.54, 1.807) is 0 Å². The van der Waals surface area contributed by atoms with Crippen molar-refractivity contribution in [2.45, 2.75) is 12.9 Å². The number of benzene rings is 1. The van der Waals surface area contributed by atoms with Gasteiger partial charge in [-0.3, -0.25) is 0 Å². The number of nitrogens with zero attached hydrogens (tertiary/aromatic N) is 1. The molecule has 0 saturated heterocycles. The highest BCUT2D eigenvalue weighted by molar-refractivity contribution is 5.61. The van der Waals surface area contributed by atoms with Gasteiger partial charge in [-0.15, -0.1) is 13.2 Å². The fraction of sp³-hybridized carbons (Fsp3) is 0.267. The molecule has 1 N–H and O–H groups in total. The summed E-state index contributed by atoms with van der Waals surface area (Å²) in [5.41, 5.74) is 2.29. The Morgan fingerprint density at radius 1 is 1.09 bits per heavy atom. The molecule has 0 saturated carbocycles. The van der Waals surface area contributed by atoms with Crippen molar-refractivity contribution in [1.82, 2.24) is 10.3 Å². The average Bonchev–Trinajstić information content (AvgIpc) is 2.71. The van der Waals surface area contributed by atoms with E-state index in [1.807, 2.05) is 12.1 Å². The van der Waals surface area contributed by atoms with Crippen LogP contribution in [-0.4, -0.2) is 24.5 Å². The molecule has 0 atom stereocenters. The van der Waals surface area contributed by atoms with Gasteiger partial charge >= 0.3 is 6.36 Å². The van der Waals surface area contributed by atoms with Gasteiger partial charge in [-0.05, 0) is 30.3 Å². The maximum Gasteiger partial charge on any atom is 0.573 e. The van der Waals surface area contributed by atoms with Crippen LogP contribution in [0.5, 0.6) is 11.6 Å². The molecule has 0 radical (unpaired) electrons. The number of rotatable bonds is 2. The summed E-state index contributed by atoms with van der Waals surface area (Å²) in [5, 5.41) is 3.20. The van der Waals surface area contributed by atoms with Crippen LogP contribution in [0, 0.1) is 0 Å². The van der Waals surface area contributed by atoms with E-state index in [9.17, 15) is 13.2 Å². The Kier molecular flexibility index (Phi) is 3.89. The second-order valence-electron chi connectivity index (χ2n) is 4.76. The molecule has 0 unspecified atom stereocenters. The van der Waals surface area contributed by atoms with Gasteiger partial charge < -0.3 is 14.8 Å². The molecule has 3 rings (SSSR count). The Hall–Kier alpha value is -2.28. The molecule has 1 aliphatic heterocycles. The van der Waals surface area contributed by atoms with E-state index in [2.05, 4.69) is 15.0 Å². The fourth-order valence-corrected chi connectivity index (χ4v) is 2.16. The monoisotopic (exact) mass is 310 g/mol. The topological polar surface area (TPSA) is 43.4 Å². The summed E-state index contributed by atoms with van der Waals surface area (Å²) in [5.74, 6) is 0.296. The standard InChI is InChI=1S/C15H13F3N2O2/c16-15(17,18)22-12-4-1-10(2-5-12)13-6-3-11-9-19-7-8-21-14(11)20-13/h1-6,19H,7-9H2. The van der Waals surface area contributed by atoms with Crippen molar-refractivity contribution in [3.05, 3.63) is 42.0 Å². The lowest BCUT2D eigenvalue weighted by molar-refractivity contribution is -0.274. The Labute approximate surface area is 124 Å². The first kappa shape index (κ1) is 14.6. The van der Waals surface area contributed by atoms with E-state index < -0.39 is 6.36 Å². The highest BCUT2D eigenvalue weighted by Crippen LogP contribution is 2.28. The molecular formula is C15H13F3N2O2. The first-order valence-corrected chi connectivity index (χ1v) is 6.71. The molecule has 0 spiro atoms. The highest BCUT2D eigenvalue weighted by Gasteiger charge is 2.31. The molecule has 7 heteroatoms. The second-order valence-corrected chi connectivity index (χ2v) is 4.76. The van der Waals surface area contributed by atoms with Crippen molar-refractivity contribution in [3.8, 4) is 22.9 Å². The minimum Gasteiger partial charge on any atom is -0.476 e. The van der Waals surface area contributed by atoms with Gasteiger partial charge in [-0.25, -0.2) is 4.98 Å². The smallest absolute Gasteiger partial charge is 0.476 e. The van der Waals surface area contributed by atoms with Gasteiger partial charge in [0.05, 0.1) is 5.69 Å². The van der Waals surface area contributed by atoms with E-state index in [-0.39, 0.29) is 5.75 Å². The van der Waals surface area contributed by atoms with E-state index in [0.717, 1.165) is 12.1 Å². The molecule has 0 bridgehead atoms. The number of aromatic nitrogens is 1. The van der Waals surface area contributed by atoms with Crippen molar-refractivity contribution < 1.29 is 22.6 Å². The second kappa shape index (κ2) is 5.84. The zero-order valence-electron chi connectivity index (χ0n) is 11.5. The predicted molar refractivity (Wildman–Crippen MR) is 73.6 cm³/mol. The van der Waals surface area contributed by atoms with Crippen LogP contribution in [0.1, 0.15) is 5.56 Å². The third-order valence-electron chi connectivity index (χ3n) is 3.16. The van der Waals surface area contributed by atoms with Crippen molar-refractivity contribution in [2.24, 2.45) is 0 Å². The zero-order chi connectivity index (χ0) is 15.6. The molecule has 0 amide bonds. The Balaban J connectivity index is 1.83. The number of alkyl halides is 3. The van der Waals surface area contributed by atoms with Crippen LogP contribution in [0.4, 0.5) is 13.2 Å². The van der Waals surface area contributed by atoms with Gasteiger partial charge in [0.1, 0.15) is 12.4 Å². The normalized spacial score (nSPS) is 14.7.